The third kappa shape index (κ3) is 2.91. The molecule has 0 saturated carbocycles. The number of nitrogens with zero attached hydrogens (tertiary/aromatic N) is 3. The molecule has 6 heteroatoms. The summed E-state index contributed by atoms with van der Waals surface area (Å²) in [6.07, 6.45) is 1.89. The Morgan fingerprint density at radius 2 is 2.23 bits per heavy atom. The Kier molecular flexibility index (Phi) is 4.00. The minimum absolute atomic E-state index is 0.0681. The Hall–Kier alpha value is -2.11. The molecular weight excluding hydrogens is 282 g/mol. The van der Waals surface area contributed by atoms with Crippen LogP contribution in [0.2, 0.25) is 0 Å². The first kappa shape index (κ1) is 14.8. The fourth-order valence-electron chi connectivity index (χ4n) is 2.72. The van der Waals surface area contributed by atoms with Gasteiger partial charge in [0.1, 0.15) is 5.76 Å². The molecule has 0 radical (unpaired) electrons. The maximum absolute atomic E-state index is 12.5. The van der Waals surface area contributed by atoms with Crippen LogP contribution in [0.1, 0.15) is 66.6 Å². The SMILES string of the molecule is Cc1ccc(C(=O)N2CCCC(c3nc(C(C)C)no3)C2)o1. The normalized spacial score (nSPS) is 18.9. The van der Waals surface area contributed by atoms with E-state index in [-0.39, 0.29) is 17.7 Å². The Morgan fingerprint density at radius 1 is 1.41 bits per heavy atom. The van der Waals surface area contributed by atoms with E-state index in [2.05, 4.69) is 10.1 Å². The molecule has 1 aliphatic rings. The first-order valence-electron chi connectivity index (χ1n) is 7.74. The third-order valence-corrected chi connectivity index (χ3v) is 3.98. The van der Waals surface area contributed by atoms with E-state index in [9.17, 15) is 4.79 Å². The summed E-state index contributed by atoms with van der Waals surface area (Å²) in [6, 6.07) is 3.53. The number of aromatic nitrogens is 2. The summed E-state index contributed by atoms with van der Waals surface area (Å²) in [6.45, 7) is 7.23. The van der Waals surface area contributed by atoms with Gasteiger partial charge in [0.2, 0.25) is 5.89 Å². The first-order valence-corrected chi connectivity index (χ1v) is 7.74. The molecule has 0 spiro atoms. The van der Waals surface area contributed by atoms with Crippen LogP contribution in [0.4, 0.5) is 0 Å². The summed E-state index contributed by atoms with van der Waals surface area (Å²) < 4.78 is 10.8. The lowest BCUT2D eigenvalue weighted by Crippen LogP contribution is -2.39. The Bertz CT molecular complexity index is 659. The second kappa shape index (κ2) is 5.94. The summed E-state index contributed by atoms with van der Waals surface area (Å²) in [5.74, 6) is 2.78. The number of amides is 1. The second-order valence-corrected chi connectivity index (χ2v) is 6.15. The minimum atomic E-state index is -0.0681. The Labute approximate surface area is 129 Å². The highest BCUT2D eigenvalue weighted by Crippen LogP contribution is 2.27. The Balaban J connectivity index is 1.72. The van der Waals surface area contributed by atoms with Crippen molar-refractivity contribution in [1.82, 2.24) is 15.0 Å². The van der Waals surface area contributed by atoms with E-state index in [4.69, 9.17) is 8.94 Å². The van der Waals surface area contributed by atoms with Crippen LogP contribution in [0, 0.1) is 6.92 Å². The molecule has 1 atom stereocenters. The number of rotatable bonds is 3. The largest absolute Gasteiger partial charge is 0.456 e. The quantitative estimate of drug-likeness (QED) is 0.871. The van der Waals surface area contributed by atoms with Crippen molar-refractivity contribution in [3.05, 3.63) is 35.4 Å². The zero-order valence-corrected chi connectivity index (χ0v) is 13.2. The third-order valence-electron chi connectivity index (χ3n) is 3.98. The molecule has 6 nitrogen and oxygen atoms in total. The molecule has 2 aromatic heterocycles. The van der Waals surface area contributed by atoms with Crippen molar-refractivity contribution in [2.45, 2.75) is 45.4 Å². The van der Waals surface area contributed by atoms with Crippen molar-refractivity contribution in [3.63, 3.8) is 0 Å². The molecule has 0 bridgehead atoms. The van der Waals surface area contributed by atoms with Crippen molar-refractivity contribution in [2.24, 2.45) is 0 Å². The van der Waals surface area contributed by atoms with Crippen molar-refractivity contribution in [1.29, 1.82) is 0 Å². The number of furan rings is 1. The first-order chi connectivity index (χ1) is 10.5. The van der Waals surface area contributed by atoms with Crippen LogP contribution >= 0.6 is 0 Å². The van der Waals surface area contributed by atoms with E-state index in [1.54, 1.807) is 6.07 Å². The van der Waals surface area contributed by atoms with Crippen molar-refractivity contribution >= 4 is 5.91 Å². The standard InChI is InChI=1S/C16H21N3O3/c1-10(2)14-17-15(22-18-14)12-5-4-8-19(9-12)16(20)13-7-6-11(3)21-13/h6-7,10,12H,4-5,8-9H2,1-3H3. The van der Waals surface area contributed by atoms with Crippen LogP contribution in [0.5, 0.6) is 0 Å². The summed E-state index contributed by atoms with van der Waals surface area (Å²) >= 11 is 0. The molecule has 3 rings (SSSR count). The monoisotopic (exact) mass is 303 g/mol. The lowest BCUT2D eigenvalue weighted by Gasteiger charge is -2.30. The number of hydrogen-bond acceptors (Lipinski definition) is 5. The van der Waals surface area contributed by atoms with Gasteiger partial charge in [-0.25, -0.2) is 0 Å². The molecule has 1 aliphatic heterocycles. The molecule has 22 heavy (non-hydrogen) atoms. The highest BCUT2D eigenvalue weighted by molar-refractivity contribution is 5.91. The number of likely N-dealkylation sites (tertiary alicyclic amines) is 1. The van der Waals surface area contributed by atoms with Crippen LogP contribution in [0.25, 0.3) is 0 Å². The second-order valence-electron chi connectivity index (χ2n) is 6.15. The maximum Gasteiger partial charge on any atom is 0.289 e. The van der Waals surface area contributed by atoms with Crippen LogP contribution in [-0.4, -0.2) is 34.0 Å². The van der Waals surface area contributed by atoms with Gasteiger partial charge < -0.3 is 13.8 Å². The smallest absolute Gasteiger partial charge is 0.289 e. The van der Waals surface area contributed by atoms with E-state index >= 15 is 0 Å². The molecule has 1 amide bonds. The van der Waals surface area contributed by atoms with Gasteiger partial charge in [-0.1, -0.05) is 19.0 Å². The minimum Gasteiger partial charge on any atom is -0.456 e. The van der Waals surface area contributed by atoms with Gasteiger partial charge >= 0.3 is 0 Å². The van der Waals surface area contributed by atoms with Crippen LogP contribution < -0.4 is 0 Å². The van der Waals surface area contributed by atoms with Gasteiger partial charge in [0, 0.05) is 19.0 Å². The van der Waals surface area contributed by atoms with Gasteiger partial charge in [0.25, 0.3) is 5.91 Å². The molecule has 1 saturated heterocycles. The fraction of sp³-hybridized carbons (Fsp3) is 0.562. The van der Waals surface area contributed by atoms with E-state index in [1.165, 1.54) is 0 Å². The molecule has 1 fully saturated rings. The number of hydrogen-bond donors (Lipinski definition) is 0. The van der Waals surface area contributed by atoms with Gasteiger partial charge in [0.15, 0.2) is 11.6 Å². The molecule has 0 aliphatic carbocycles. The van der Waals surface area contributed by atoms with Crippen molar-refractivity contribution in [2.75, 3.05) is 13.1 Å². The molecule has 3 heterocycles. The maximum atomic E-state index is 12.5. The summed E-state index contributed by atoms with van der Waals surface area (Å²) in [7, 11) is 0. The summed E-state index contributed by atoms with van der Waals surface area (Å²) in [5.41, 5.74) is 0. The highest BCUT2D eigenvalue weighted by Gasteiger charge is 2.30. The highest BCUT2D eigenvalue weighted by atomic mass is 16.5. The molecular formula is C16H21N3O3. The number of piperidine rings is 1. The molecule has 0 aromatic carbocycles. The average Bonchev–Trinajstić information content (AvgIpc) is 3.15. The topological polar surface area (TPSA) is 72.4 Å². The van der Waals surface area contributed by atoms with Crippen LogP contribution in [0.15, 0.2) is 21.1 Å². The number of aryl methyl sites for hydroxylation is 1. The number of carbonyl (C=O) groups excluding carboxylic acids is 1. The lowest BCUT2D eigenvalue weighted by molar-refractivity contribution is 0.0662. The van der Waals surface area contributed by atoms with E-state index in [1.807, 2.05) is 31.7 Å². The summed E-state index contributed by atoms with van der Waals surface area (Å²) in [4.78, 5) is 18.7. The molecule has 2 aromatic rings. The predicted molar refractivity (Wildman–Crippen MR) is 79.7 cm³/mol. The Morgan fingerprint density at radius 3 is 2.86 bits per heavy atom. The zero-order chi connectivity index (χ0) is 15.7. The summed E-state index contributed by atoms with van der Waals surface area (Å²) in [5, 5.41) is 4.01. The van der Waals surface area contributed by atoms with Gasteiger partial charge in [-0.05, 0) is 31.9 Å². The van der Waals surface area contributed by atoms with Crippen LogP contribution in [0.3, 0.4) is 0 Å². The van der Waals surface area contributed by atoms with E-state index < -0.39 is 0 Å². The van der Waals surface area contributed by atoms with Crippen molar-refractivity contribution < 1.29 is 13.7 Å². The van der Waals surface area contributed by atoms with E-state index in [0.717, 1.165) is 31.0 Å². The average molecular weight is 303 g/mol. The fourth-order valence-corrected chi connectivity index (χ4v) is 2.72. The van der Waals surface area contributed by atoms with Gasteiger partial charge in [-0.15, -0.1) is 0 Å². The van der Waals surface area contributed by atoms with Gasteiger partial charge in [0.05, 0.1) is 5.92 Å². The van der Waals surface area contributed by atoms with E-state index in [0.29, 0.717) is 18.2 Å². The number of carbonyl (C=O) groups is 1. The molecule has 1 unspecified atom stereocenters. The van der Waals surface area contributed by atoms with Crippen LogP contribution in [-0.2, 0) is 0 Å². The molecule has 0 N–H and O–H groups in total. The van der Waals surface area contributed by atoms with Crippen molar-refractivity contribution in [3.8, 4) is 0 Å². The predicted octanol–water partition coefficient (Wildman–Crippen LogP) is 3.11. The van der Waals surface area contributed by atoms with Gasteiger partial charge in [-0.2, -0.15) is 4.98 Å². The van der Waals surface area contributed by atoms with Gasteiger partial charge in [-0.3, -0.25) is 4.79 Å². The molecule has 118 valence electrons. The lowest BCUT2D eigenvalue weighted by atomic mass is 9.97. The zero-order valence-electron chi connectivity index (χ0n) is 13.2.